The molecule has 1 aliphatic heterocycles. The highest BCUT2D eigenvalue weighted by Gasteiger charge is 2.46. The highest BCUT2D eigenvalue weighted by atomic mass is 16.6. The van der Waals surface area contributed by atoms with Crippen molar-refractivity contribution in [2.75, 3.05) is 39.3 Å². The molecular weight excluding hydrogens is 366 g/mol. The van der Waals surface area contributed by atoms with Gasteiger partial charge in [-0.25, -0.2) is 9.59 Å². The molecule has 1 atom stereocenters. The van der Waals surface area contributed by atoms with E-state index in [1.807, 2.05) is 0 Å². The average molecular weight is 403 g/mol. The number of ether oxygens (including phenoxy) is 3. The highest BCUT2D eigenvalue weighted by Crippen LogP contribution is 2.21. The number of nitrogens with zero attached hydrogens (tertiary/aromatic N) is 1. The second kappa shape index (κ2) is 10.1. The first-order valence-corrected chi connectivity index (χ1v) is 9.74. The first-order chi connectivity index (χ1) is 12.9. The molecule has 0 aromatic heterocycles. The van der Waals surface area contributed by atoms with Crippen LogP contribution in [0.25, 0.3) is 0 Å². The molecule has 162 valence electrons. The van der Waals surface area contributed by atoms with E-state index in [4.69, 9.17) is 14.2 Å². The molecular formula is C19H36N3O6+. The van der Waals surface area contributed by atoms with Gasteiger partial charge >= 0.3 is 18.3 Å². The van der Waals surface area contributed by atoms with Crippen molar-refractivity contribution in [2.24, 2.45) is 0 Å². The van der Waals surface area contributed by atoms with Crippen LogP contribution >= 0.6 is 0 Å². The summed E-state index contributed by atoms with van der Waals surface area (Å²) < 4.78 is 16.2. The monoisotopic (exact) mass is 402 g/mol. The van der Waals surface area contributed by atoms with Crippen LogP contribution in [0.1, 0.15) is 48.0 Å². The van der Waals surface area contributed by atoms with Crippen molar-refractivity contribution >= 4 is 18.5 Å². The normalized spacial score (nSPS) is 17.9. The van der Waals surface area contributed by atoms with Crippen molar-refractivity contribution in [3.8, 4) is 0 Å². The summed E-state index contributed by atoms with van der Waals surface area (Å²) in [5, 5.41) is 5.98. The van der Waals surface area contributed by atoms with Crippen molar-refractivity contribution < 1.29 is 33.1 Å². The topological polar surface area (TPSA) is 103 Å². The first-order valence-electron chi connectivity index (χ1n) is 9.74. The third-order valence-corrected chi connectivity index (χ3v) is 4.21. The Kier molecular flexibility index (Phi) is 8.69. The fourth-order valence-electron chi connectivity index (χ4n) is 3.13. The summed E-state index contributed by atoms with van der Waals surface area (Å²) in [7, 11) is 0. The summed E-state index contributed by atoms with van der Waals surface area (Å²) in [6.07, 6.45) is -0.909. The van der Waals surface area contributed by atoms with Gasteiger partial charge in [-0.05, 0) is 41.5 Å². The van der Waals surface area contributed by atoms with Gasteiger partial charge in [0, 0.05) is 26.1 Å². The minimum atomic E-state index is -1.03. The SMILES string of the molecule is CC(C)(C)OC(=O)NCCC[N+]1(C(OC=O)C(=O)OC(C)(C)C)CCNCC1. The largest absolute Gasteiger partial charge is 0.453 e. The van der Waals surface area contributed by atoms with Gasteiger partial charge in [0.15, 0.2) is 0 Å². The second-order valence-corrected chi connectivity index (χ2v) is 9.04. The van der Waals surface area contributed by atoms with E-state index in [-0.39, 0.29) is 4.48 Å². The van der Waals surface area contributed by atoms with Crippen molar-refractivity contribution in [3.05, 3.63) is 0 Å². The van der Waals surface area contributed by atoms with Crippen LogP contribution in [-0.2, 0) is 23.8 Å². The first kappa shape index (κ1) is 24.2. The Morgan fingerprint density at radius 1 is 1.07 bits per heavy atom. The van der Waals surface area contributed by atoms with Crippen LogP contribution in [0, 0.1) is 0 Å². The Labute approximate surface area is 167 Å². The lowest BCUT2D eigenvalue weighted by atomic mass is 10.1. The molecule has 1 rings (SSSR count). The molecule has 0 spiro atoms. The third-order valence-electron chi connectivity index (χ3n) is 4.21. The smallest absolute Gasteiger partial charge is 0.408 e. The molecule has 1 heterocycles. The van der Waals surface area contributed by atoms with Gasteiger partial charge in [-0.3, -0.25) is 9.28 Å². The maximum atomic E-state index is 12.7. The van der Waals surface area contributed by atoms with Gasteiger partial charge in [0.1, 0.15) is 11.2 Å². The van der Waals surface area contributed by atoms with Crippen LogP contribution in [0.3, 0.4) is 0 Å². The Morgan fingerprint density at radius 2 is 1.64 bits per heavy atom. The zero-order valence-electron chi connectivity index (χ0n) is 18.0. The Balaban J connectivity index is 2.78. The molecule has 0 aromatic carbocycles. The molecule has 1 saturated heterocycles. The number of carbonyl (C=O) groups is 3. The second-order valence-electron chi connectivity index (χ2n) is 9.04. The number of carbonyl (C=O) groups excluding carboxylic acids is 3. The van der Waals surface area contributed by atoms with Crippen LogP contribution in [0.15, 0.2) is 0 Å². The summed E-state index contributed by atoms with van der Waals surface area (Å²) in [5.74, 6) is -0.554. The zero-order valence-corrected chi connectivity index (χ0v) is 18.0. The number of hydrogen-bond acceptors (Lipinski definition) is 7. The number of piperazine rings is 1. The number of amides is 1. The molecule has 0 aliphatic carbocycles. The van der Waals surface area contributed by atoms with Crippen LogP contribution in [0.4, 0.5) is 4.79 Å². The van der Waals surface area contributed by atoms with Crippen molar-refractivity contribution in [3.63, 3.8) is 0 Å². The van der Waals surface area contributed by atoms with E-state index in [1.54, 1.807) is 41.5 Å². The zero-order chi connectivity index (χ0) is 21.4. The van der Waals surface area contributed by atoms with E-state index in [0.717, 1.165) is 0 Å². The summed E-state index contributed by atoms with van der Waals surface area (Å²) in [5.41, 5.74) is -1.24. The fraction of sp³-hybridized carbons (Fsp3) is 0.842. The standard InChI is InChI=1S/C19H35N3O6/c1-18(2,3)27-16(24)15(26-14-23)22(12-9-20-10-13-22)11-7-8-21-17(25)28-19(4,5)6/h14-15,20H,7-13H2,1-6H3/p+1. The predicted octanol–water partition coefficient (Wildman–Crippen LogP) is 1.16. The number of hydrogen-bond donors (Lipinski definition) is 2. The van der Waals surface area contributed by atoms with Crippen molar-refractivity contribution in [1.82, 2.24) is 10.6 Å². The number of rotatable bonds is 8. The Hall–Kier alpha value is -1.87. The Bertz CT molecular complexity index is 533. The predicted molar refractivity (Wildman–Crippen MR) is 103 cm³/mol. The van der Waals surface area contributed by atoms with Crippen LogP contribution in [-0.4, -0.2) is 79.7 Å². The molecule has 1 amide bonds. The van der Waals surface area contributed by atoms with E-state index in [2.05, 4.69) is 10.6 Å². The maximum Gasteiger partial charge on any atom is 0.408 e. The van der Waals surface area contributed by atoms with E-state index in [9.17, 15) is 14.4 Å². The molecule has 28 heavy (non-hydrogen) atoms. The van der Waals surface area contributed by atoms with Crippen LogP contribution in [0.2, 0.25) is 0 Å². The highest BCUT2D eigenvalue weighted by molar-refractivity contribution is 5.74. The average Bonchev–Trinajstić information content (AvgIpc) is 2.54. The molecule has 0 aromatic rings. The van der Waals surface area contributed by atoms with Crippen LogP contribution < -0.4 is 10.6 Å². The summed E-state index contributed by atoms with van der Waals surface area (Å²) in [4.78, 5) is 35.6. The minimum Gasteiger partial charge on any atom is -0.453 e. The summed E-state index contributed by atoms with van der Waals surface area (Å²) >= 11 is 0. The molecule has 1 aliphatic rings. The molecule has 2 N–H and O–H groups in total. The van der Waals surface area contributed by atoms with Gasteiger partial charge in [0.25, 0.3) is 6.47 Å². The summed E-state index contributed by atoms with van der Waals surface area (Å²) in [6.45, 7) is 14.6. The fourth-order valence-corrected chi connectivity index (χ4v) is 3.13. The molecule has 0 saturated carbocycles. The quantitative estimate of drug-likeness (QED) is 0.206. The van der Waals surface area contributed by atoms with Gasteiger partial charge in [-0.2, -0.15) is 0 Å². The molecule has 0 radical (unpaired) electrons. The van der Waals surface area contributed by atoms with E-state index in [0.29, 0.717) is 52.2 Å². The van der Waals surface area contributed by atoms with Gasteiger partial charge in [0.2, 0.25) is 0 Å². The molecule has 1 fully saturated rings. The number of alkyl carbamates (subject to hydrolysis) is 1. The molecule has 9 nitrogen and oxygen atoms in total. The van der Waals surface area contributed by atoms with Gasteiger partial charge < -0.3 is 24.8 Å². The molecule has 0 bridgehead atoms. The maximum absolute atomic E-state index is 12.7. The third kappa shape index (κ3) is 8.43. The number of quaternary nitrogens is 1. The van der Waals surface area contributed by atoms with Crippen LogP contribution in [0.5, 0.6) is 0 Å². The lowest BCUT2D eigenvalue weighted by molar-refractivity contribution is -0.961. The number of nitrogens with one attached hydrogen (secondary N) is 2. The number of esters is 1. The molecule has 1 unspecified atom stereocenters. The van der Waals surface area contributed by atoms with Crippen molar-refractivity contribution in [2.45, 2.75) is 65.4 Å². The van der Waals surface area contributed by atoms with E-state index >= 15 is 0 Å². The minimum absolute atomic E-state index is 0.274. The van der Waals surface area contributed by atoms with E-state index < -0.39 is 29.5 Å². The van der Waals surface area contributed by atoms with Gasteiger partial charge in [-0.1, -0.05) is 0 Å². The van der Waals surface area contributed by atoms with Gasteiger partial charge in [-0.15, -0.1) is 0 Å². The lowest BCUT2D eigenvalue weighted by Gasteiger charge is -2.44. The van der Waals surface area contributed by atoms with Crippen molar-refractivity contribution in [1.29, 1.82) is 0 Å². The Morgan fingerprint density at radius 3 is 2.14 bits per heavy atom. The van der Waals surface area contributed by atoms with Gasteiger partial charge in [0.05, 0.1) is 19.6 Å². The lowest BCUT2D eigenvalue weighted by Crippen LogP contribution is -2.67. The summed E-state index contributed by atoms with van der Waals surface area (Å²) in [6, 6.07) is 0. The van der Waals surface area contributed by atoms with E-state index in [1.165, 1.54) is 0 Å². The molecule has 9 heteroatoms.